The molecular weight excluding hydrogens is 296 g/mol. The van der Waals surface area contributed by atoms with Gasteiger partial charge in [-0.3, -0.25) is 4.79 Å². The van der Waals surface area contributed by atoms with Crippen molar-refractivity contribution in [3.63, 3.8) is 0 Å². The van der Waals surface area contributed by atoms with Crippen LogP contribution in [0.5, 0.6) is 0 Å². The number of hydrogen-bond acceptors (Lipinski definition) is 3. The van der Waals surface area contributed by atoms with Gasteiger partial charge in [0.1, 0.15) is 5.78 Å². The average molecular weight is 318 g/mol. The van der Waals surface area contributed by atoms with E-state index >= 15 is 0 Å². The smallest absolute Gasteiger partial charge is 0.144 e. The molecule has 2 aromatic carbocycles. The van der Waals surface area contributed by atoms with Gasteiger partial charge < -0.3 is 10.6 Å². The summed E-state index contributed by atoms with van der Waals surface area (Å²) in [4.78, 5) is 12.9. The first-order valence-corrected chi connectivity index (χ1v) is 8.55. The number of benzene rings is 2. The molecule has 2 aliphatic rings. The summed E-state index contributed by atoms with van der Waals surface area (Å²) in [5, 5.41) is 7.13. The van der Waals surface area contributed by atoms with Crippen molar-refractivity contribution < 1.29 is 4.79 Å². The lowest BCUT2D eigenvalue weighted by Crippen LogP contribution is -2.33. The summed E-state index contributed by atoms with van der Waals surface area (Å²) >= 11 is 0. The van der Waals surface area contributed by atoms with Crippen LogP contribution < -0.4 is 10.6 Å². The van der Waals surface area contributed by atoms with E-state index in [1.807, 2.05) is 12.1 Å². The molecule has 3 atom stereocenters. The van der Waals surface area contributed by atoms with Crippen LogP contribution in [0, 0.1) is 18.8 Å². The molecule has 0 bridgehead atoms. The van der Waals surface area contributed by atoms with E-state index < -0.39 is 0 Å². The van der Waals surface area contributed by atoms with Crippen molar-refractivity contribution in [2.75, 3.05) is 10.6 Å². The van der Waals surface area contributed by atoms with Gasteiger partial charge in [-0.15, -0.1) is 0 Å². The summed E-state index contributed by atoms with van der Waals surface area (Å²) in [5.41, 5.74) is 5.48. The molecule has 1 aliphatic carbocycles. The van der Waals surface area contributed by atoms with Gasteiger partial charge in [0, 0.05) is 12.1 Å². The van der Waals surface area contributed by atoms with Crippen molar-refractivity contribution in [3.8, 4) is 0 Å². The summed E-state index contributed by atoms with van der Waals surface area (Å²) in [6.07, 6.45) is 2.83. The molecule has 0 spiro atoms. The van der Waals surface area contributed by atoms with Gasteiger partial charge in [0.25, 0.3) is 0 Å². The van der Waals surface area contributed by atoms with Gasteiger partial charge >= 0.3 is 0 Å². The zero-order valence-corrected chi connectivity index (χ0v) is 14.0. The molecule has 0 amide bonds. The lowest BCUT2D eigenvalue weighted by Gasteiger charge is -2.31. The van der Waals surface area contributed by atoms with Crippen LogP contribution in [0.15, 0.2) is 60.3 Å². The molecule has 4 rings (SSSR count). The van der Waals surface area contributed by atoms with Gasteiger partial charge in [0.15, 0.2) is 0 Å². The minimum absolute atomic E-state index is 0.0481. The number of nitrogens with one attached hydrogen (secondary N) is 2. The van der Waals surface area contributed by atoms with Gasteiger partial charge in [0.05, 0.1) is 23.3 Å². The van der Waals surface area contributed by atoms with Crippen LogP contribution in [-0.4, -0.2) is 5.78 Å². The van der Waals surface area contributed by atoms with E-state index in [4.69, 9.17) is 0 Å². The number of Topliss-reactive ketones (excluding diaryl/α,β-unsaturated/α-hetero) is 1. The second-order valence-corrected chi connectivity index (χ2v) is 6.95. The molecule has 24 heavy (non-hydrogen) atoms. The topological polar surface area (TPSA) is 41.1 Å². The molecule has 0 aromatic heterocycles. The predicted molar refractivity (Wildman–Crippen MR) is 98.0 cm³/mol. The molecule has 2 aromatic rings. The fourth-order valence-corrected chi connectivity index (χ4v) is 3.75. The van der Waals surface area contributed by atoms with Gasteiger partial charge in [-0.1, -0.05) is 55.0 Å². The Kier molecular flexibility index (Phi) is 3.64. The van der Waals surface area contributed by atoms with Crippen molar-refractivity contribution in [3.05, 3.63) is 71.4 Å². The lowest BCUT2D eigenvalue weighted by molar-refractivity contribution is -0.123. The van der Waals surface area contributed by atoms with Crippen LogP contribution in [-0.2, 0) is 4.79 Å². The van der Waals surface area contributed by atoms with Gasteiger partial charge in [-0.05, 0) is 30.5 Å². The Balaban J connectivity index is 1.85. The van der Waals surface area contributed by atoms with E-state index in [0.717, 1.165) is 22.6 Å². The molecule has 0 fully saturated rings. The Morgan fingerprint density at radius 1 is 1.00 bits per heavy atom. The van der Waals surface area contributed by atoms with Gasteiger partial charge in [0.2, 0.25) is 0 Å². The van der Waals surface area contributed by atoms with E-state index in [9.17, 15) is 4.79 Å². The largest absolute Gasteiger partial charge is 0.375 e. The Hall–Kier alpha value is -2.55. The summed E-state index contributed by atoms with van der Waals surface area (Å²) in [6.45, 7) is 4.19. The van der Waals surface area contributed by atoms with Crippen molar-refractivity contribution in [2.45, 2.75) is 26.3 Å². The second kappa shape index (κ2) is 5.82. The number of carbonyl (C=O) groups excluding carboxylic acids is 1. The Labute approximate surface area is 142 Å². The molecule has 0 radical (unpaired) electrons. The van der Waals surface area contributed by atoms with Crippen LogP contribution in [0.4, 0.5) is 11.4 Å². The van der Waals surface area contributed by atoms with Crippen LogP contribution >= 0.6 is 0 Å². The highest BCUT2D eigenvalue weighted by atomic mass is 16.1. The molecule has 3 nitrogen and oxygen atoms in total. The van der Waals surface area contributed by atoms with Crippen LogP contribution in [0.2, 0.25) is 0 Å². The molecule has 0 unspecified atom stereocenters. The Bertz CT molecular complexity index is 807. The summed E-state index contributed by atoms with van der Waals surface area (Å²) in [5.74, 6) is 0.412. The maximum Gasteiger partial charge on any atom is 0.144 e. The van der Waals surface area contributed by atoms with Crippen molar-refractivity contribution >= 4 is 17.2 Å². The predicted octanol–water partition coefficient (Wildman–Crippen LogP) is 4.68. The third-order valence-electron chi connectivity index (χ3n) is 4.96. The van der Waals surface area contributed by atoms with E-state index in [1.54, 1.807) is 0 Å². The third-order valence-corrected chi connectivity index (χ3v) is 4.96. The highest BCUT2D eigenvalue weighted by Crippen LogP contribution is 2.42. The Morgan fingerprint density at radius 2 is 1.71 bits per heavy atom. The minimum atomic E-state index is -0.170. The first-order chi connectivity index (χ1) is 11.6. The number of anilines is 2. The van der Waals surface area contributed by atoms with Gasteiger partial charge in [-0.25, -0.2) is 0 Å². The maximum atomic E-state index is 12.9. The number of carbonyl (C=O) groups is 1. The summed E-state index contributed by atoms with van der Waals surface area (Å²) in [6, 6.07) is 16.6. The standard InChI is InChI=1S/C21H22N2O/c1-13-7-9-15(10-8-13)21-20-18(11-14(2)12-19(20)24)22-16-5-3-4-6-17(16)23-21/h3-11,14,20-23H,12H2,1-2H3/t14-,20-,21-/m1/s1. The van der Waals surface area contributed by atoms with E-state index in [0.29, 0.717) is 12.2 Å². The second-order valence-electron chi connectivity index (χ2n) is 6.95. The highest BCUT2D eigenvalue weighted by molar-refractivity contribution is 5.89. The minimum Gasteiger partial charge on any atom is -0.375 e. The van der Waals surface area contributed by atoms with Crippen LogP contribution in [0.1, 0.15) is 30.5 Å². The van der Waals surface area contributed by atoms with E-state index in [1.165, 1.54) is 5.56 Å². The van der Waals surface area contributed by atoms with Crippen molar-refractivity contribution in [1.29, 1.82) is 0 Å². The number of allylic oxidation sites excluding steroid dienone is 1. The van der Waals surface area contributed by atoms with Crippen LogP contribution in [0.3, 0.4) is 0 Å². The third kappa shape index (κ3) is 2.60. The molecule has 122 valence electrons. The fourth-order valence-electron chi connectivity index (χ4n) is 3.75. The fraction of sp³-hybridized carbons (Fsp3) is 0.286. The average Bonchev–Trinajstić information content (AvgIpc) is 2.72. The first-order valence-electron chi connectivity index (χ1n) is 8.55. The normalized spacial score (nSPS) is 25.5. The number of ketones is 1. The number of aryl methyl sites for hydroxylation is 1. The van der Waals surface area contributed by atoms with Crippen molar-refractivity contribution in [1.82, 2.24) is 0 Å². The number of hydrogen-bond donors (Lipinski definition) is 2. The summed E-state index contributed by atoms with van der Waals surface area (Å²) in [7, 11) is 0. The quantitative estimate of drug-likeness (QED) is 0.802. The SMILES string of the molecule is Cc1ccc([C@H]2Nc3ccccc3NC3=C[C@@H](C)CC(=O)[C@@H]32)cc1. The zero-order valence-electron chi connectivity index (χ0n) is 14.0. The summed E-state index contributed by atoms with van der Waals surface area (Å²) < 4.78 is 0. The lowest BCUT2D eigenvalue weighted by atomic mass is 9.79. The molecule has 3 heteroatoms. The number of rotatable bonds is 1. The molecular formula is C21H22N2O. The molecule has 0 saturated carbocycles. The highest BCUT2D eigenvalue weighted by Gasteiger charge is 2.38. The Morgan fingerprint density at radius 3 is 2.46 bits per heavy atom. The van der Waals surface area contributed by atoms with E-state index in [2.05, 4.69) is 67.0 Å². The zero-order chi connectivity index (χ0) is 16.7. The number of para-hydroxylation sites is 2. The molecule has 1 aliphatic heterocycles. The molecule has 1 heterocycles. The van der Waals surface area contributed by atoms with Gasteiger partial charge in [-0.2, -0.15) is 0 Å². The van der Waals surface area contributed by atoms with Crippen molar-refractivity contribution in [2.24, 2.45) is 11.8 Å². The number of fused-ring (bicyclic) bond motifs is 2. The molecule has 2 N–H and O–H groups in total. The maximum absolute atomic E-state index is 12.9. The first kappa shape index (κ1) is 15.0. The van der Waals surface area contributed by atoms with Crippen LogP contribution in [0.25, 0.3) is 0 Å². The monoisotopic (exact) mass is 318 g/mol. The molecule has 0 saturated heterocycles. The van der Waals surface area contributed by atoms with E-state index in [-0.39, 0.29) is 17.9 Å².